The number of carbonyl (C=O) groups excluding carboxylic acids is 2. The molecule has 27 heavy (non-hydrogen) atoms. The predicted molar refractivity (Wildman–Crippen MR) is 99.8 cm³/mol. The van der Waals surface area contributed by atoms with Gasteiger partial charge in [0.25, 0.3) is 5.91 Å². The molecule has 2 aliphatic rings. The third-order valence-electron chi connectivity index (χ3n) is 5.76. The zero-order valence-electron chi connectivity index (χ0n) is 15.0. The van der Waals surface area contributed by atoms with Crippen molar-refractivity contribution in [3.63, 3.8) is 0 Å². The average molecular weight is 367 g/mol. The van der Waals surface area contributed by atoms with Gasteiger partial charge in [-0.1, -0.05) is 12.5 Å². The second kappa shape index (κ2) is 7.10. The van der Waals surface area contributed by atoms with Crippen molar-refractivity contribution in [2.45, 2.75) is 38.1 Å². The molecule has 1 aromatic carbocycles. The minimum Gasteiger partial charge on any atom is -0.349 e. The maximum absolute atomic E-state index is 13.6. The molecular weight excluding hydrogens is 345 g/mol. The molecule has 1 saturated carbocycles. The number of nitrogens with zero attached hydrogens (tertiary/aromatic N) is 2. The Labute approximate surface area is 157 Å². The molecule has 6 heteroatoms. The van der Waals surface area contributed by atoms with Gasteiger partial charge in [-0.25, -0.2) is 4.39 Å². The van der Waals surface area contributed by atoms with E-state index in [1.165, 1.54) is 12.1 Å². The predicted octanol–water partition coefficient (Wildman–Crippen LogP) is 3.32. The van der Waals surface area contributed by atoms with Crippen LogP contribution >= 0.6 is 0 Å². The molecule has 2 heterocycles. The second-order valence-electron chi connectivity index (χ2n) is 7.47. The maximum atomic E-state index is 13.6. The summed E-state index contributed by atoms with van der Waals surface area (Å²) in [6.45, 7) is 0.591. The Hall–Kier alpha value is -2.76. The summed E-state index contributed by atoms with van der Waals surface area (Å²) in [5.41, 5.74) is 0.726. The van der Waals surface area contributed by atoms with Crippen LogP contribution in [0.1, 0.15) is 42.5 Å². The van der Waals surface area contributed by atoms with Crippen molar-refractivity contribution < 1.29 is 14.0 Å². The van der Waals surface area contributed by atoms with Gasteiger partial charge >= 0.3 is 0 Å². The Morgan fingerprint density at radius 1 is 1.22 bits per heavy atom. The minimum atomic E-state index is -0.458. The van der Waals surface area contributed by atoms with Crippen LogP contribution in [0, 0.1) is 11.2 Å². The zero-order chi connectivity index (χ0) is 18.9. The molecule has 0 radical (unpaired) electrons. The fourth-order valence-electron chi connectivity index (χ4n) is 4.39. The average Bonchev–Trinajstić information content (AvgIpc) is 2.98. The van der Waals surface area contributed by atoms with Crippen LogP contribution in [0.3, 0.4) is 0 Å². The first-order valence-electron chi connectivity index (χ1n) is 9.36. The van der Waals surface area contributed by atoms with Crippen LogP contribution in [0.2, 0.25) is 0 Å². The number of benzene rings is 1. The number of pyridine rings is 1. The first-order valence-corrected chi connectivity index (χ1v) is 9.36. The number of anilines is 1. The van der Waals surface area contributed by atoms with Crippen LogP contribution in [-0.4, -0.2) is 29.4 Å². The molecule has 2 atom stereocenters. The van der Waals surface area contributed by atoms with Crippen molar-refractivity contribution in [3.8, 4) is 0 Å². The Morgan fingerprint density at radius 3 is 2.81 bits per heavy atom. The molecule has 0 bridgehead atoms. The first kappa shape index (κ1) is 17.6. The highest BCUT2D eigenvalue weighted by Crippen LogP contribution is 2.46. The summed E-state index contributed by atoms with van der Waals surface area (Å²) in [5, 5.41) is 3.07. The number of hydrogen-bond acceptors (Lipinski definition) is 3. The van der Waals surface area contributed by atoms with Gasteiger partial charge in [0, 0.05) is 36.2 Å². The number of hydrogen-bond donors (Lipinski definition) is 1. The number of nitrogens with one attached hydrogen (secondary N) is 1. The molecule has 1 spiro atoms. The van der Waals surface area contributed by atoms with E-state index in [2.05, 4.69) is 10.3 Å². The van der Waals surface area contributed by atoms with Crippen molar-refractivity contribution in [1.29, 1.82) is 0 Å². The molecule has 1 aliphatic carbocycles. The largest absolute Gasteiger partial charge is 0.349 e. The van der Waals surface area contributed by atoms with E-state index in [9.17, 15) is 14.0 Å². The van der Waals surface area contributed by atoms with Crippen molar-refractivity contribution in [2.75, 3.05) is 11.4 Å². The molecular formula is C21H22FN3O2. The molecule has 140 valence electrons. The van der Waals surface area contributed by atoms with Crippen molar-refractivity contribution in [2.24, 2.45) is 5.41 Å². The van der Waals surface area contributed by atoms with E-state index in [4.69, 9.17) is 0 Å². The van der Waals surface area contributed by atoms with Crippen LogP contribution in [-0.2, 0) is 4.79 Å². The van der Waals surface area contributed by atoms with Crippen LogP contribution in [0.5, 0.6) is 0 Å². The Bertz CT molecular complexity index is 858. The summed E-state index contributed by atoms with van der Waals surface area (Å²) in [6, 6.07) is 9.51. The molecule has 1 aromatic heterocycles. The quantitative estimate of drug-likeness (QED) is 0.905. The van der Waals surface area contributed by atoms with Gasteiger partial charge in [0.15, 0.2) is 0 Å². The van der Waals surface area contributed by atoms with E-state index in [-0.39, 0.29) is 23.7 Å². The van der Waals surface area contributed by atoms with Gasteiger partial charge < -0.3 is 10.2 Å². The van der Waals surface area contributed by atoms with Gasteiger partial charge in [-0.3, -0.25) is 14.6 Å². The van der Waals surface area contributed by atoms with E-state index in [0.29, 0.717) is 24.2 Å². The fraction of sp³-hybridized carbons (Fsp3) is 0.381. The van der Waals surface area contributed by atoms with Gasteiger partial charge in [-0.15, -0.1) is 0 Å². The Balaban J connectivity index is 1.47. The van der Waals surface area contributed by atoms with E-state index >= 15 is 0 Å². The molecule has 2 aromatic rings. The molecule has 1 saturated heterocycles. The normalized spacial score (nSPS) is 25.0. The zero-order valence-corrected chi connectivity index (χ0v) is 15.0. The SMILES string of the molecule is O=C(N[C@H]1CCC[C@]2(CCN(c3cccc(F)c3)C2=O)C1)c1ccncc1. The maximum Gasteiger partial charge on any atom is 0.251 e. The Kier molecular flexibility index (Phi) is 4.64. The minimum absolute atomic E-state index is 0.0316. The summed E-state index contributed by atoms with van der Waals surface area (Å²) >= 11 is 0. The highest BCUT2D eigenvalue weighted by molar-refractivity contribution is 6.00. The highest BCUT2D eigenvalue weighted by atomic mass is 19.1. The van der Waals surface area contributed by atoms with Crippen LogP contribution in [0.15, 0.2) is 48.8 Å². The summed E-state index contributed by atoms with van der Waals surface area (Å²) < 4.78 is 13.6. The molecule has 1 aliphatic heterocycles. The number of carbonyl (C=O) groups is 2. The number of amides is 2. The third-order valence-corrected chi connectivity index (χ3v) is 5.76. The fourth-order valence-corrected chi connectivity index (χ4v) is 4.39. The number of halogens is 1. The highest BCUT2D eigenvalue weighted by Gasteiger charge is 2.49. The standard InChI is InChI=1S/C21H22FN3O2/c22-16-3-1-5-18(13-16)25-12-9-21(20(25)27)8-2-4-17(14-21)24-19(26)15-6-10-23-11-7-15/h1,3,5-7,10-11,13,17H,2,4,8-9,12,14H2,(H,24,26)/t17-,21-/m0/s1. The molecule has 5 nitrogen and oxygen atoms in total. The number of rotatable bonds is 3. The van der Waals surface area contributed by atoms with E-state index in [1.54, 1.807) is 41.6 Å². The lowest BCUT2D eigenvalue weighted by Gasteiger charge is -2.36. The lowest BCUT2D eigenvalue weighted by molar-refractivity contribution is -0.127. The molecule has 2 fully saturated rings. The Morgan fingerprint density at radius 2 is 2.04 bits per heavy atom. The summed E-state index contributed by atoms with van der Waals surface area (Å²) in [4.78, 5) is 31.2. The molecule has 2 amide bonds. The van der Waals surface area contributed by atoms with Gasteiger partial charge in [-0.2, -0.15) is 0 Å². The van der Waals surface area contributed by atoms with Crippen molar-refractivity contribution in [1.82, 2.24) is 10.3 Å². The summed E-state index contributed by atoms with van der Waals surface area (Å²) in [5.74, 6) is -0.421. The molecule has 0 unspecified atom stereocenters. The monoisotopic (exact) mass is 367 g/mol. The van der Waals surface area contributed by atoms with E-state index in [1.807, 2.05) is 0 Å². The van der Waals surface area contributed by atoms with E-state index in [0.717, 1.165) is 25.7 Å². The molecule has 4 rings (SSSR count). The first-order chi connectivity index (χ1) is 13.1. The van der Waals surface area contributed by atoms with Crippen molar-refractivity contribution in [3.05, 3.63) is 60.2 Å². The second-order valence-corrected chi connectivity index (χ2v) is 7.47. The van der Waals surface area contributed by atoms with Gasteiger partial charge in [-0.05, 0) is 56.0 Å². The lowest BCUT2D eigenvalue weighted by Crippen LogP contribution is -2.46. The topological polar surface area (TPSA) is 62.3 Å². The summed E-state index contributed by atoms with van der Waals surface area (Å²) in [7, 11) is 0. The number of aromatic nitrogens is 1. The lowest BCUT2D eigenvalue weighted by atomic mass is 9.71. The summed E-state index contributed by atoms with van der Waals surface area (Å²) in [6.07, 6.45) is 7.14. The van der Waals surface area contributed by atoms with Crippen LogP contribution in [0.4, 0.5) is 10.1 Å². The van der Waals surface area contributed by atoms with Gasteiger partial charge in [0.2, 0.25) is 5.91 Å². The van der Waals surface area contributed by atoms with Gasteiger partial charge in [0.1, 0.15) is 5.82 Å². The smallest absolute Gasteiger partial charge is 0.251 e. The van der Waals surface area contributed by atoms with E-state index < -0.39 is 5.41 Å². The third kappa shape index (κ3) is 3.44. The van der Waals surface area contributed by atoms with Crippen LogP contribution in [0.25, 0.3) is 0 Å². The van der Waals surface area contributed by atoms with Gasteiger partial charge in [0.05, 0.1) is 5.41 Å². The van der Waals surface area contributed by atoms with Crippen LogP contribution < -0.4 is 10.2 Å². The van der Waals surface area contributed by atoms with Crippen molar-refractivity contribution >= 4 is 17.5 Å². The molecule has 1 N–H and O–H groups in total.